The third kappa shape index (κ3) is 2.70. The summed E-state index contributed by atoms with van der Waals surface area (Å²) in [6.45, 7) is 9.13. The number of ether oxygens (including phenoxy) is 3. The molecular formula is C18H26O6. The van der Waals surface area contributed by atoms with Crippen molar-refractivity contribution in [2.75, 3.05) is 0 Å². The molecule has 3 aliphatic rings. The lowest BCUT2D eigenvalue weighted by atomic mass is 9.78. The van der Waals surface area contributed by atoms with Crippen LogP contribution in [0.25, 0.3) is 0 Å². The van der Waals surface area contributed by atoms with Gasteiger partial charge in [-0.2, -0.15) is 0 Å². The third-order valence-corrected chi connectivity index (χ3v) is 5.49. The first-order valence-electron chi connectivity index (χ1n) is 8.78. The van der Waals surface area contributed by atoms with Crippen LogP contribution in [0.1, 0.15) is 47.5 Å². The van der Waals surface area contributed by atoms with Gasteiger partial charge in [0.15, 0.2) is 0 Å². The highest BCUT2D eigenvalue weighted by molar-refractivity contribution is 5.86. The number of esters is 3. The van der Waals surface area contributed by atoms with Crippen LogP contribution in [-0.4, -0.2) is 35.7 Å². The second-order valence-electron chi connectivity index (χ2n) is 8.26. The minimum Gasteiger partial charge on any atom is -0.460 e. The van der Waals surface area contributed by atoms with Gasteiger partial charge in [0.05, 0.1) is 17.8 Å². The van der Waals surface area contributed by atoms with Crippen LogP contribution >= 0.6 is 0 Å². The Labute approximate surface area is 142 Å². The molecule has 7 atom stereocenters. The van der Waals surface area contributed by atoms with Gasteiger partial charge >= 0.3 is 17.9 Å². The second kappa shape index (κ2) is 5.74. The molecule has 0 radical (unpaired) electrons. The lowest BCUT2D eigenvalue weighted by molar-refractivity contribution is -0.173. The maximum absolute atomic E-state index is 12.6. The van der Waals surface area contributed by atoms with Crippen LogP contribution in [0.3, 0.4) is 0 Å². The molecule has 1 aliphatic heterocycles. The first-order chi connectivity index (χ1) is 11.1. The third-order valence-electron chi connectivity index (χ3n) is 5.49. The van der Waals surface area contributed by atoms with E-state index in [0.29, 0.717) is 12.8 Å². The summed E-state index contributed by atoms with van der Waals surface area (Å²) >= 11 is 0. The maximum Gasteiger partial charge on any atom is 0.310 e. The standard InChI is InChI=1S/C18H26O6/c1-6-8(2)15(19)22-13-10-7-9-11(16(20)23-14(9)13)12(10)17(21)24-18(3,4)5/h8-14H,6-7H2,1-5H3. The number of carbonyl (C=O) groups is 3. The summed E-state index contributed by atoms with van der Waals surface area (Å²) in [6.07, 6.45) is 0.418. The molecule has 3 rings (SSSR count). The van der Waals surface area contributed by atoms with Gasteiger partial charge in [-0.15, -0.1) is 0 Å². The van der Waals surface area contributed by atoms with Gasteiger partial charge < -0.3 is 14.2 Å². The number of fused-ring (bicyclic) bond motifs is 1. The lowest BCUT2D eigenvalue weighted by Crippen LogP contribution is -2.45. The van der Waals surface area contributed by atoms with E-state index >= 15 is 0 Å². The van der Waals surface area contributed by atoms with Crippen molar-refractivity contribution >= 4 is 17.9 Å². The van der Waals surface area contributed by atoms with E-state index in [4.69, 9.17) is 14.2 Å². The minimum absolute atomic E-state index is 0.0465. The van der Waals surface area contributed by atoms with E-state index in [1.807, 2.05) is 13.8 Å². The van der Waals surface area contributed by atoms with Crippen molar-refractivity contribution in [3.8, 4) is 0 Å². The Morgan fingerprint density at radius 3 is 2.54 bits per heavy atom. The van der Waals surface area contributed by atoms with Crippen LogP contribution in [0.4, 0.5) is 0 Å². The normalized spacial score (nSPS) is 38.0. The lowest BCUT2D eigenvalue weighted by Gasteiger charge is -2.32. The predicted octanol–water partition coefficient (Wildman–Crippen LogP) is 2.09. The summed E-state index contributed by atoms with van der Waals surface area (Å²) in [5.41, 5.74) is -0.621. The number of hydrogen-bond donors (Lipinski definition) is 0. The summed E-state index contributed by atoms with van der Waals surface area (Å²) in [7, 11) is 0. The van der Waals surface area contributed by atoms with Crippen molar-refractivity contribution < 1.29 is 28.6 Å². The Kier molecular flexibility index (Phi) is 4.12. The molecule has 0 spiro atoms. The Morgan fingerprint density at radius 1 is 1.29 bits per heavy atom. The molecule has 0 N–H and O–H groups in total. The van der Waals surface area contributed by atoms with Crippen LogP contribution in [0.15, 0.2) is 0 Å². The molecule has 0 aromatic carbocycles. The van der Waals surface area contributed by atoms with Gasteiger partial charge in [0.1, 0.15) is 17.8 Å². The van der Waals surface area contributed by atoms with E-state index < -0.39 is 29.6 Å². The Balaban J connectivity index is 1.81. The number of hydrogen-bond acceptors (Lipinski definition) is 6. The van der Waals surface area contributed by atoms with Gasteiger partial charge in [-0.05, 0) is 33.6 Å². The molecule has 0 aromatic rings. The van der Waals surface area contributed by atoms with Crippen LogP contribution in [0.2, 0.25) is 0 Å². The molecule has 6 heteroatoms. The topological polar surface area (TPSA) is 78.9 Å². The molecule has 3 fully saturated rings. The summed E-state index contributed by atoms with van der Waals surface area (Å²) in [6, 6.07) is 0. The quantitative estimate of drug-likeness (QED) is 0.577. The van der Waals surface area contributed by atoms with Crippen LogP contribution in [0.5, 0.6) is 0 Å². The van der Waals surface area contributed by atoms with Crippen LogP contribution in [-0.2, 0) is 28.6 Å². The summed E-state index contributed by atoms with van der Waals surface area (Å²) in [5, 5.41) is 0. The van der Waals surface area contributed by atoms with E-state index in [-0.39, 0.29) is 35.7 Å². The average Bonchev–Trinajstić information content (AvgIpc) is 3.07. The summed E-state index contributed by atoms with van der Waals surface area (Å²) < 4.78 is 16.6. The monoisotopic (exact) mass is 338 g/mol. The Hall–Kier alpha value is -1.59. The van der Waals surface area contributed by atoms with Crippen LogP contribution < -0.4 is 0 Å². The molecular weight excluding hydrogens is 312 g/mol. The van der Waals surface area contributed by atoms with Gasteiger partial charge in [-0.1, -0.05) is 13.8 Å². The van der Waals surface area contributed by atoms with Crippen molar-refractivity contribution in [3.63, 3.8) is 0 Å². The van der Waals surface area contributed by atoms with E-state index in [2.05, 4.69) is 0 Å². The molecule has 2 bridgehead atoms. The van der Waals surface area contributed by atoms with E-state index in [1.54, 1.807) is 20.8 Å². The zero-order valence-corrected chi connectivity index (χ0v) is 14.9. The van der Waals surface area contributed by atoms with Gasteiger partial charge in [0.2, 0.25) is 0 Å². The van der Waals surface area contributed by atoms with Crippen molar-refractivity contribution in [1.82, 2.24) is 0 Å². The van der Waals surface area contributed by atoms with E-state index in [1.165, 1.54) is 0 Å². The molecule has 2 aliphatic carbocycles. The molecule has 2 saturated carbocycles. The van der Waals surface area contributed by atoms with Crippen LogP contribution in [0, 0.1) is 29.6 Å². The summed E-state index contributed by atoms with van der Waals surface area (Å²) in [4.78, 5) is 37.0. The Morgan fingerprint density at radius 2 is 1.96 bits per heavy atom. The fourth-order valence-electron chi connectivity index (χ4n) is 4.26. The van der Waals surface area contributed by atoms with Gasteiger partial charge in [-0.3, -0.25) is 14.4 Å². The molecule has 24 heavy (non-hydrogen) atoms. The maximum atomic E-state index is 12.6. The molecule has 0 amide bonds. The zero-order chi connectivity index (χ0) is 17.8. The molecule has 6 nitrogen and oxygen atoms in total. The van der Waals surface area contributed by atoms with Gasteiger partial charge in [0, 0.05) is 11.8 Å². The predicted molar refractivity (Wildman–Crippen MR) is 83.6 cm³/mol. The summed E-state index contributed by atoms with van der Waals surface area (Å²) in [5.74, 6) is -2.51. The van der Waals surface area contributed by atoms with Gasteiger partial charge in [-0.25, -0.2) is 0 Å². The molecule has 0 aromatic heterocycles. The average molecular weight is 338 g/mol. The molecule has 1 heterocycles. The molecule has 1 saturated heterocycles. The van der Waals surface area contributed by atoms with E-state index in [9.17, 15) is 14.4 Å². The first-order valence-corrected chi connectivity index (χ1v) is 8.78. The highest BCUT2D eigenvalue weighted by Crippen LogP contribution is 2.59. The van der Waals surface area contributed by atoms with Crippen molar-refractivity contribution in [2.24, 2.45) is 29.6 Å². The highest BCUT2D eigenvalue weighted by Gasteiger charge is 2.70. The number of carbonyl (C=O) groups excluding carboxylic acids is 3. The van der Waals surface area contributed by atoms with Crippen molar-refractivity contribution in [3.05, 3.63) is 0 Å². The largest absolute Gasteiger partial charge is 0.460 e. The fourth-order valence-corrected chi connectivity index (χ4v) is 4.26. The first kappa shape index (κ1) is 17.2. The fraction of sp³-hybridized carbons (Fsp3) is 0.833. The molecule has 134 valence electrons. The van der Waals surface area contributed by atoms with Crippen molar-refractivity contribution in [1.29, 1.82) is 0 Å². The Bertz CT molecular complexity index is 562. The highest BCUT2D eigenvalue weighted by atomic mass is 16.6. The smallest absolute Gasteiger partial charge is 0.310 e. The van der Waals surface area contributed by atoms with Gasteiger partial charge in [0.25, 0.3) is 0 Å². The SMILES string of the molecule is CCC(C)C(=O)OC1C2CC3C1OC(=O)C3C2C(=O)OC(C)(C)C. The molecule has 7 unspecified atom stereocenters. The number of rotatable bonds is 4. The van der Waals surface area contributed by atoms with Crippen molar-refractivity contribution in [2.45, 2.75) is 65.3 Å². The van der Waals surface area contributed by atoms with E-state index in [0.717, 1.165) is 0 Å². The minimum atomic E-state index is -0.621. The second-order valence-corrected chi connectivity index (χ2v) is 8.26. The zero-order valence-electron chi connectivity index (χ0n) is 14.9.